The maximum Gasteiger partial charge on any atom is 0.0159 e. The zero-order valence-electron chi connectivity index (χ0n) is 34.7. The molecule has 1 aliphatic rings. The topological polar surface area (TPSA) is 0 Å². The molecule has 0 radical (unpaired) electrons. The molecule has 0 fully saturated rings. The molecule has 0 atom stereocenters. The van der Waals surface area contributed by atoms with Gasteiger partial charge in [-0.1, -0.05) is 172 Å². The van der Waals surface area contributed by atoms with Crippen molar-refractivity contribution in [3.63, 3.8) is 0 Å². The standard InChI is InChI=1S/C59H46/c1-35-17-15-27-47-51(35)55(39-21-9-7-10-22-39)45-25-13-19-37(3)53(45)57(47)41-29-31-43-44-32-30-42(34-50(44)59(5,6)49(43)33-41)58-48-28-16-18-36(2)52(48)56(40-23-11-8-12-24-40)46-26-14-20-38(4)54(46)58/h7-34H,1-6H3. The van der Waals surface area contributed by atoms with E-state index in [4.69, 9.17) is 0 Å². The number of hydrogen-bond donors (Lipinski definition) is 0. The van der Waals surface area contributed by atoms with Crippen molar-refractivity contribution in [3.05, 3.63) is 203 Å². The summed E-state index contributed by atoms with van der Waals surface area (Å²) in [7, 11) is 0. The molecule has 10 aromatic carbocycles. The number of aryl methyl sites for hydroxylation is 4. The lowest BCUT2D eigenvalue weighted by Crippen LogP contribution is -2.15. The molecule has 0 aliphatic heterocycles. The molecule has 282 valence electrons. The van der Waals surface area contributed by atoms with E-state index in [1.807, 2.05) is 0 Å². The van der Waals surface area contributed by atoms with Crippen molar-refractivity contribution < 1.29 is 0 Å². The van der Waals surface area contributed by atoms with E-state index in [1.54, 1.807) is 0 Å². The second-order valence-electron chi connectivity index (χ2n) is 17.4. The summed E-state index contributed by atoms with van der Waals surface area (Å²) in [5.74, 6) is 0. The summed E-state index contributed by atoms with van der Waals surface area (Å²) in [5.41, 5.74) is 20.8. The van der Waals surface area contributed by atoms with Crippen LogP contribution >= 0.6 is 0 Å². The van der Waals surface area contributed by atoms with Gasteiger partial charge in [-0.25, -0.2) is 0 Å². The molecule has 0 heteroatoms. The lowest BCUT2D eigenvalue weighted by atomic mass is 9.78. The zero-order chi connectivity index (χ0) is 40.2. The van der Waals surface area contributed by atoms with Crippen LogP contribution in [0.15, 0.2) is 170 Å². The van der Waals surface area contributed by atoms with Crippen LogP contribution in [0.25, 0.3) is 98.7 Å². The molecule has 11 rings (SSSR count). The minimum Gasteiger partial charge on any atom is -0.0622 e. The van der Waals surface area contributed by atoms with E-state index in [0.717, 1.165) is 0 Å². The van der Waals surface area contributed by atoms with Crippen molar-refractivity contribution in [2.75, 3.05) is 0 Å². The highest BCUT2D eigenvalue weighted by molar-refractivity contribution is 6.24. The molecule has 0 bridgehead atoms. The van der Waals surface area contributed by atoms with Gasteiger partial charge in [0.1, 0.15) is 0 Å². The fourth-order valence-corrected chi connectivity index (χ4v) is 10.8. The van der Waals surface area contributed by atoms with Gasteiger partial charge in [-0.15, -0.1) is 0 Å². The van der Waals surface area contributed by atoms with Gasteiger partial charge in [0, 0.05) is 5.41 Å². The van der Waals surface area contributed by atoms with E-state index < -0.39 is 0 Å². The summed E-state index contributed by atoms with van der Waals surface area (Å²) < 4.78 is 0. The highest BCUT2D eigenvalue weighted by atomic mass is 14.4. The second kappa shape index (κ2) is 13.1. The normalized spacial score (nSPS) is 13.1. The van der Waals surface area contributed by atoms with Crippen LogP contribution in [0.1, 0.15) is 47.2 Å². The van der Waals surface area contributed by atoms with Crippen LogP contribution < -0.4 is 0 Å². The molecule has 0 aromatic heterocycles. The number of hydrogen-bond acceptors (Lipinski definition) is 0. The fourth-order valence-electron chi connectivity index (χ4n) is 10.8. The molecule has 0 N–H and O–H groups in total. The minimum atomic E-state index is -0.211. The first-order valence-electron chi connectivity index (χ1n) is 21.0. The first-order chi connectivity index (χ1) is 28.7. The highest BCUT2D eigenvalue weighted by Crippen LogP contribution is 2.54. The Morgan fingerprint density at radius 1 is 0.288 bits per heavy atom. The number of fused-ring (bicyclic) bond motifs is 7. The number of benzene rings is 10. The Balaban J connectivity index is 1.13. The van der Waals surface area contributed by atoms with Crippen molar-refractivity contribution in [1.29, 1.82) is 0 Å². The first kappa shape index (κ1) is 35.4. The molecule has 0 saturated carbocycles. The van der Waals surface area contributed by atoms with Gasteiger partial charge in [-0.3, -0.25) is 0 Å². The van der Waals surface area contributed by atoms with Crippen LogP contribution in [-0.2, 0) is 5.41 Å². The molecule has 0 amide bonds. The van der Waals surface area contributed by atoms with Crippen molar-refractivity contribution in [2.24, 2.45) is 0 Å². The molecule has 0 spiro atoms. The van der Waals surface area contributed by atoms with Gasteiger partial charge in [-0.05, 0) is 172 Å². The second-order valence-corrected chi connectivity index (χ2v) is 17.4. The summed E-state index contributed by atoms with van der Waals surface area (Å²) in [4.78, 5) is 0. The Bertz CT molecular complexity index is 3140. The van der Waals surface area contributed by atoms with Crippen molar-refractivity contribution in [2.45, 2.75) is 47.0 Å². The molecule has 1 aliphatic carbocycles. The van der Waals surface area contributed by atoms with Gasteiger partial charge in [0.25, 0.3) is 0 Å². The molecule has 59 heavy (non-hydrogen) atoms. The maximum absolute atomic E-state index is 2.52. The van der Waals surface area contributed by atoms with E-state index in [1.165, 1.54) is 132 Å². The zero-order valence-corrected chi connectivity index (χ0v) is 34.7. The molecular formula is C59H46. The third kappa shape index (κ3) is 5.16. The summed E-state index contributed by atoms with van der Waals surface area (Å²) in [6.45, 7) is 14.0. The van der Waals surface area contributed by atoms with E-state index >= 15 is 0 Å². The van der Waals surface area contributed by atoms with Crippen LogP contribution in [0.3, 0.4) is 0 Å². The van der Waals surface area contributed by atoms with E-state index in [-0.39, 0.29) is 5.41 Å². The van der Waals surface area contributed by atoms with Crippen LogP contribution in [-0.4, -0.2) is 0 Å². The predicted octanol–water partition coefficient (Wildman–Crippen LogP) is 16.5. The largest absolute Gasteiger partial charge is 0.0622 e. The minimum absolute atomic E-state index is 0.211. The first-order valence-corrected chi connectivity index (χ1v) is 21.0. The smallest absolute Gasteiger partial charge is 0.0159 e. The summed E-state index contributed by atoms with van der Waals surface area (Å²) >= 11 is 0. The summed E-state index contributed by atoms with van der Waals surface area (Å²) in [6.07, 6.45) is 0. The Hall–Kier alpha value is -6.76. The molecule has 0 saturated heterocycles. The molecular weight excluding hydrogens is 709 g/mol. The monoisotopic (exact) mass is 754 g/mol. The third-order valence-corrected chi connectivity index (χ3v) is 13.5. The average Bonchev–Trinajstić information content (AvgIpc) is 3.48. The van der Waals surface area contributed by atoms with Crippen molar-refractivity contribution in [3.8, 4) is 55.6 Å². The average molecular weight is 755 g/mol. The van der Waals surface area contributed by atoms with Gasteiger partial charge in [0.2, 0.25) is 0 Å². The third-order valence-electron chi connectivity index (χ3n) is 13.5. The van der Waals surface area contributed by atoms with Crippen LogP contribution in [0.4, 0.5) is 0 Å². The van der Waals surface area contributed by atoms with E-state index in [2.05, 4.69) is 211 Å². The molecule has 0 nitrogen and oxygen atoms in total. The lowest BCUT2D eigenvalue weighted by Gasteiger charge is -2.25. The highest BCUT2D eigenvalue weighted by Gasteiger charge is 2.36. The fraction of sp³-hybridized carbons (Fsp3) is 0.119. The number of rotatable bonds is 4. The maximum atomic E-state index is 2.52. The summed E-state index contributed by atoms with van der Waals surface area (Å²) in [5, 5.41) is 10.6. The van der Waals surface area contributed by atoms with Crippen LogP contribution in [0.5, 0.6) is 0 Å². The Labute approximate surface area is 347 Å². The lowest BCUT2D eigenvalue weighted by molar-refractivity contribution is 0.661. The Kier molecular flexibility index (Phi) is 7.88. The van der Waals surface area contributed by atoms with E-state index in [0.29, 0.717) is 0 Å². The quantitative estimate of drug-likeness (QED) is 0.157. The van der Waals surface area contributed by atoms with Gasteiger partial charge in [-0.2, -0.15) is 0 Å². The van der Waals surface area contributed by atoms with Crippen LogP contribution in [0.2, 0.25) is 0 Å². The van der Waals surface area contributed by atoms with Gasteiger partial charge in [0.05, 0.1) is 0 Å². The Morgan fingerprint density at radius 3 is 0.915 bits per heavy atom. The van der Waals surface area contributed by atoms with Gasteiger partial charge in [0.15, 0.2) is 0 Å². The summed E-state index contributed by atoms with van der Waals surface area (Å²) in [6, 6.07) is 63.9. The Morgan fingerprint density at radius 2 is 0.593 bits per heavy atom. The van der Waals surface area contributed by atoms with Crippen LogP contribution in [0, 0.1) is 27.7 Å². The molecule has 10 aromatic rings. The predicted molar refractivity (Wildman–Crippen MR) is 255 cm³/mol. The van der Waals surface area contributed by atoms with Gasteiger partial charge >= 0.3 is 0 Å². The SMILES string of the molecule is Cc1cccc2c(-c3ccc4c(c3)C(C)(C)c3cc(-c5c6cccc(C)c6c(-c6ccccc6)c6cccc(C)c56)ccc3-4)c3c(C)cccc3c(-c3ccccc3)c12. The molecule has 0 unspecified atom stereocenters. The molecule has 0 heterocycles. The van der Waals surface area contributed by atoms with Crippen molar-refractivity contribution >= 4 is 43.1 Å². The van der Waals surface area contributed by atoms with E-state index in [9.17, 15) is 0 Å². The van der Waals surface area contributed by atoms with Crippen molar-refractivity contribution in [1.82, 2.24) is 0 Å². The van der Waals surface area contributed by atoms with Gasteiger partial charge < -0.3 is 0 Å².